The van der Waals surface area contributed by atoms with Crippen LogP contribution in [0.2, 0.25) is 0 Å². The highest BCUT2D eigenvalue weighted by atomic mass is 32.2. The minimum absolute atomic E-state index is 0.0143. The van der Waals surface area contributed by atoms with Gasteiger partial charge in [-0.3, -0.25) is 14.5 Å². The molecule has 3 heterocycles. The monoisotopic (exact) mass is 499 g/mol. The summed E-state index contributed by atoms with van der Waals surface area (Å²) in [6.45, 7) is 1.85. The molecule has 0 radical (unpaired) electrons. The second-order valence-electron chi connectivity index (χ2n) is 8.96. The molecule has 2 aromatic rings. The fourth-order valence-electron chi connectivity index (χ4n) is 4.73. The molecule has 5 rings (SSSR count). The lowest BCUT2D eigenvalue weighted by Gasteiger charge is -2.30. The maximum absolute atomic E-state index is 13.4. The molecule has 35 heavy (non-hydrogen) atoms. The van der Waals surface area contributed by atoms with E-state index >= 15 is 0 Å². The van der Waals surface area contributed by atoms with Gasteiger partial charge in [0.05, 0.1) is 17.5 Å². The number of imide groups is 1. The number of carbonyl (C=O) groups excluding carboxylic acids is 3. The maximum Gasteiger partial charge on any atom is 0.325 e. The quantitative estimate of drug-likeness (QED) is 0.618. The van der Waals surface area contributed by atoms with Crippen LogP contribution in [0, 0.1) is 0 Å². The zero-order valence-corrected chi connectivity index (χ0v) is 19.9. The highest BCUT2D eigenvalue weighted by Gasteiger charge is 2.50. The van der Waals surface area contributed by atoms with E-state index in [4.69, 9.17) is 9.47 Å². The number of nitrogens with zero attached hydrogens (tertiary/aromatic N) is 2. The van der Waals surface area contributed by atoms with Crippen molar-refractivity contribution in [1.82, 2.24) is 10.2 Å². The normalized spacial score (nSPS) is 24.8. The summed E-state index contributed by atoms with van der Waals surface area (Å²) in [5.41, 5.74) is -0.389. The number of amides is 4. The lowest BCUT2D eigenvalue weighted by atomic mass is 9.91. The zero-order valence-electron chi connectivity index (χ0n) is 19.1. The van der Waals surface area contributed by atoms with Crippen LogP contribution in [0.15, 0.2) is 48.5 Å². The van der Waals surface area contributed by atoms with Gasteiger partial charge in [-0.25, -0.2) is 13.2 Å². The van der Waals surface area contributed by atoms with E-state index in [9.17, 15) is 22.8 Å². The van der Waals surface area contributed by atoms with Crippen LogP contribution < -0.4 is 19.7 Å². The summed E-state index contributed by atoms with van der Waals surface area (Å²) >= 11 is 0. The van der Waals surface area contributed by atoms with E-state index in [0.29, 0.717) is 36.0 Å². The molecule has 4 amide bonds. The average molecular weight is 500 g/mol. The molecule has 184 valence electrons. The average Bonchev–Trinajstić information content (AvgIpc) is 3.30. The lowest BCUT2D eigenvalue weighted by Crippen LogP contribution is -2.48. The van der Waals surface area contributed by atoms with Gasteiger partial charge in [-0.2, -0.15) is 0 Å². The third kappa shape index (κ3) is 4.20. The van der Waals surface area contributed by atoms with Crippen LogP contribution in [0.25, 0.3) is 0 Å². The molecule has 0 spiro atoms. The Hall–Kier alpha value is -3.60. The van der Waals surface area contributed by atoms with Crippen molar-refractivity contribution in [3.63, 3.8) is 0 Å². The van der Waals surface area contributed by atoms with E-state index < -0.39 is 45.8 Å². The van der Waals surface area contributed by atoms with Crippen LogP contribution in [0.3, 0.4) is 0 Å². The SMILES string of the molecule is C[C@]1(c2ccc3c(c2)OCCO3)NC(=O)N(CC(=O)N(c2ccccc2)[C@H]2CCS(=O)(=O)C2)C1=O. The van der Waals surface area contributed by atoms with Crippen LogP contribution in [0.4, 0.5) is 10.5 Å². The number of rotatable bonds is 5. The number of anilines is 1. The molecule has 0 aliphatic carbocycles. The standard InChI is InChI=1S/C24H25N3O7S/c1-24(16-7-8-19-20(13-16)34-11-10-33-19)22(29)26(23(30)25-24)14-21(28)27(17-5-3-2-4-6-17)18-9-12-35(31,32)15-18/h2-8,13,18H,9-12,14-15H2,1H3,(H,25,30)/t18-,24+/m0/s1. The molecule has 3 aliphatic rings. The van der Waals surface area contributed by atoms with Gasteiger partial charge in [0.15, 0.2) is 21.3 Å². The molecular weight excluding hydrogens is 474 g/mol. The largest absolute Gasteiger partial charge is 0.486 e. The Bertz CT molecular complexity index is 1300. The van der Waals surface area contributed by atoms with E-state index in [1.165, 1.54) is 4.90 Å². The number of hydrogen-bond acceptors (Lipinski definition) is 7. The molecular formula is C24H25N3O7S. The van der Waals surface area contributed by atoms with Gasteiger partial charge in [0.2, 0.25) is 5.91 Å². The Morgan fingerprint density at radius 2 is 1.83 bits per heavy atom. The molecule has 0 aromatic heterocycles. The number of ether oxygens (including phenoxy) is 2. The molecule has 2 aromatic carbocycles. The van der Waals surface area contributed by atoms with E-state index in [2.05, 4.69) is 5.32 Å². The first-order valence-corrected chi connectivity index (χ1v) is 13.1. The highest BCUT2D eigenvalue weighted by Crippen LogP contribution is 2.37. The van der Waals surface area contributed by atoms with Gasteiger partial charge in [0.1, 0.15) is 25.3 Å². The second-order valence-corrected chi connectivity index (χ2v) is 11.2. The summed E-state index contributed by atoms with van der Waals surface area (Å²) < 4.78 is 35.3. The van der Waals surface area contributed by atoms with Gasteiger partial charge in [0.25, 0.3) is 5.91 Å². The lowest BCUT2D eigenvalue weighted by molar-refractivity contribution is -0.134. The molecule has 2 atom stereocenters. The van der Waals surface area contributed by atoms with Crippen molar-refractivity contribution < 1.29 is 32.3 Å². The van der Waals surface area contributed by atoms with Crippen LogP contribution >= 0.6 is 0 Å². The van der Waals surface area contributed by atoms with E-state index in [-0.39, 0.29) is 17.9 Å². The molecule has 0 bridgehead atoms. The third-order valence-corrected chi connectivity index (χ3v) is 8.31. The van der Waals surface area contributed by atoms with E-state index in [0.717, 1.165) is 4.90 Å². The van der Waals surface area contributed by atoms with Crippen LogP contribution in [-0.4, -0.2) is 68.5 Å². The molecule has 1 N–H and O–H groups in total. The van der Waals surface area contributed by atoms with Crippen molar-refractivity contribution >= 4 is 33.4 Å². The number of sulfone groups is 1. The topological polar surface area (TPSA) is 122 Å². The van der Waals surface area contributed by atoms with Gasteiger partial charge in [-0.05, 0) is 43.2 Å². The first-order chi connectivity index (χ1) is 16.7. The fraction of sp³-hybridized carbons (Fsp3) is 0.375. The summed E-state index contributed by atoms with van der Waals surface area (Å²) in [5, 5.41) is 2.69. The van der Waals surface area contributed by atoms with Gasteiger partial charge in [-0.1, -0.05) is 24.3 Å². The summed E-state index contributed by atoms with van der Waals surface area (Å²) in [4.78, 5) is 42.0. The van der Waals surface area contributed by atoms with Crippen molar-refractivity contribution in [3.8, 4) is 11.5 Å². The molecule has 2 saturated heterocycles. The number of urea groups is 1. The molecule has 0 saturated carbocycles. The van der Waals surface area contributed by atoms with Crippen molar-refractivity contribution in [3.05, 3.63) is 54.1 Å². The summed E-state index contributed by atoms with van der Waals surface area (Å²) in [5.74, 6) is -0.267. The van der Waals surface area contributed by atoms with E-state index in [1.807, 2.05) is 0 Å². The Labute approximate surface area is 202 Å². The molecule has 0 unspecified atom stereocenters. The summed E-state index contributed by atoms with van der Waals surface area (Å²) in [6.07, 6.45) is 0.290. The molecule has 3 aliphatic heterocycles. The second kappa shape index (κ2) is 8.56. The summed E-state index contributed by atoms with van der Waals surface area (Å²) in [7, 11) is -3.27. The van der Waals surface area contributed by atoms with Crippen molar-refractivity contribution in [2.75, 3.05) is 36.2 Å². The van der Waals surface area contributed by atoms with Gasteiger partial charge in [0, 0.05) is 5.69 Å². The predicted octanol–water partition coefficient (Wildman–Crippen LogP) is 1.45. The molecule has 10 nitrogen and oxygen atoms in total. The summed E-state index contributed by atoms with van der Waals surface area (Å²) in [6, 6.07) is 12.4. The number of carbonyl (C=O) groups is 3. The van der Waals surface area contributed by atoms with E-state index in [1.54, 1.807) is 55.5 Å². The Morgan fingerprint density at radius 3 is 2.51 bits per heavy atom. The molecule has 11 heteroatoms. The fourth-order valence-corrected chi connectivity index (χ4v) is 6.43. The van der Waals surface area contributed by atoms with Crippen molar-refractivity contribution in [1.29, 1.82) is 0 Å². The maximum atomic E-state index is 13.4. The van der Waals surface area contributed by atoms with Crippen molar-refractivity contribution in [2.45, 2.75) is 24.9 Å². The van der Waals surface area contributed by atoms with Crippen LogP contribution in [0.1, 0.15) is 18.9 Å². The number of nitrogens with one attached hydrogen (secondary N) is 1. The predicted molar refractivity (Wildman–Crippen MR) is 126 cm³/mol. The Morgan fingerprint density at radius 1 is 1.11 bits per heavy atom. The van der Waals surface area contributed by atoms with Gasteiger partial charge < -0.3 is 19.7 Å². The zero-order chi connectivity index (χ0) is 24.8. The van der Waals surface area contributed by atoms with Crippen LogP contribution in [-0.2, 0) is 25.0 Å². The minimum atomic E-state index is -3.27. The van der Waals surface area contributed by atoms with Crippen molar-refractivity contribution in [2.24, 2.45) is 0 Å². The number of fused-ring (bicyclic) bond motifs is 1. The molecule has 2 fully saturated rings. The van der Waals surface area contributed by atoms with Crippen LogP contribution in [0.5, 0.6) is 11.5 Å². The van der Waals surface area contributed by atoms with Gasteiger partial charge in [-0.15, -0.1) is 0 Å². The Balaban J connectivity index is 1.40. The third-order valence-electron chi connectivity index (χ3n) is 6.56. The number of hydrogen-bond donors (Lipinski definition) is 1. The smallest absolute Gasteiger partial charge is 0.325 e. The first kappa shape index (κ1) is 23.2. The minimum Gasteiger partial charge on any atom is -0.486 e. The Kier molecular flexibility index (Phi) is 5.66. The highest BCUT2D eigenvalue weighted by molar-refractivity contribution is 7.91. The number of para-hydroxylation sites is 1. The first-order valence-electron chi connectivity index (χ1n) is 11.3. The van der Waals surface area contributed by atoms with Gasteiger partial charge >= 0.3 is 6.03 Å². The number of benzene rings is 2.